The van der Waals surface area contributed by atoms with Crippen LogP contribution in [0.4, 0.5) is 0 Å². The molecule has 0 radical (unpaired) electrons. The van der Waals surface area contributed by atoms with E-state index < -0.39 is 0 Å². The minimum Gasteiger partial charge on any atom is -0.485 e. The average Bonchev–Trinajstić information content (AvgIpc) is 3.15. The fourth-order valence-corrected chi connectivity index (χ4v) is 4.56. The summed E-state index contributed by atoms with van der Waals surface area (Å²) in [5.41, 5.74) is 2.19. The number of benzene rings is 3. The molecule has 0 amide bonds. The number of ether oxygens (including phenoxy) is 1. The molecular formula is C24H22ClN3OS. The van der Waals surface area contributed by atoms with Crippen molar-refractivity contribution in [3.05, 3.63) is 95.3 Å². The van der Waals surface area contributed by atoms with Gasteiger partial charge in [0.2, 0.25) is 0 Å². The lowest BCUT2D eigenvalue weighted by Crippen LogP contribution is -2.08. The number of nitrogens with zero attached hydrogens (tertiary/aromatic N) is 3. The van der Waals surface area contributed by atoms with Crippen molar-refractivity contribution in [1.82, 2.24) is 14.8 Å². The van der Waals surface area contributed by atoms with E-state index in [2.05, 4.69) is 41.9 Å². The lowest BCUT2D eigenvalue weighted by molar-refractivity contribution is 0.287. The van der Waals surface area contributed by atoms with E-state index in [9.17, 15) is 0 Å². The van der Waals surface area contributed by atoms with Gasteiger partial charge in [0, 0.05) is 17.3 Å². The minimum absolute atomic E-state index is 0.340. The largest absolute Gasteiger partial charge is 0.485 e. The molecule has 1 heterocycles. The summed E-state index contributed by atoms with van der Waals surface area (Å²) in [7, 11) is 0. The van der Waals surface area contributed by atoms with Crippen LogP contribution in [0.2, 0.25) is 5.02 Å². The number of allylic oxidation sites excluding steroid dienone is 1. The van der Waals surface area contributed by atoms with Crippen LogP contribution in [0, 0.1) is 6.92 Å². The molecule has 0 atom stereocenters. The first-order valence-corrected chi connectivity index (χ1v) is 11.0. The Hall–Kier alpha value is -2.76. The summed E-state index contributed by atoms with van der Waals surface area (Å²) in [6.07, 6.45) is 1.84. The number of thioether (sulfide) groups is 1. The van der Waals surface area contributed by atoms with E-state index in [4.69, 9.17) is 16.3 Å². The molecule has 0 aliphatic carbocycles. The molecular weight excluding hydrogens is 414 g/mol. The summed E-state index contributed by atoms with van der Waals surface area (Å²) in [5, 5.41) is 12.7. The van der Waals surface area contributed by atoms with E-state index >= 15 is 0 Å². The van der Waals surface area contributed by atoms with E-state index in [1.165, 1.54) is 10.8 Å². The standard InChI is InChI=1S/C24H22ClN3OS/c1-3-14-28-23(26-27-24(28)30-16-19-9-5-7-11-21(19)25)15-29-22-13-12-18-8-4-6-10-20(18)17(22)2/h3-13H,1,14-16H2,2H3. The van der Waals surface area contributed by atoms with Crippen molar-refractivity contribution in [1.29, 1.82) is 0 Å². The third kappa shape index (κ3) is 4.37. The van der Waals surface area contributed by atoms with E-state index in [0.717, 1.165) is 38.6 Å². The second-order valence-electron chi connectivity index (χ2n) is 6.88. The molecule has 0 N–H and O–H groups in total. The minimum atomic E-state index is 0.340. The first-order chi connectivity index (χ1) is 14.7. The first-order valence-electron chi connectivity index (χ1n) is 9.67. The smallest absolute Gasteiger partial charge is 0.191 e. The van der Waals surface area contributed by atoms with Gasteiger partial charge in [-0.15, -0.1) is 16.8 Å². The molecule has 3 aromatic carbocycles. The maximum Gasteiger partial charge on any atom is 0.191 e. The number of hydrogen-bond donors (Lipinski definition) is 0. The van der Waals surface area contributed by atoms with Gasteiger partial charge in [0.25, 0.3) is 0 Å². The SMILES string of the molecule is C=CCn1c(COc2ccc3ccccc3c2C)nnc1SCc1ccccc1Cl. The summed E-state index contributed by atoms with van der Waals surface area (Å²) in [6.45, 7) is 6.91. The van der Waals surface area contributed by atoms with Gasteiger partial charge in [-0.25, -0.2) is 0 Å². The highest BCUT2D eigenvalue weighted by Gasteiger charge is 2.14. The quantitative estimate of drug-likeness (QED) is 0.235. The highest BCUT2D eigenvalue weighted by atomic mass is 35.5. The Bertz CT molecular complexity index is 1190. The van der Waals surface area contributed by atoms with Gasteiger partial charge in [-0.3, -0.25) is 4.57 Å². The van der Waals surface area contributed by atoms with Gasteiger partial charge >= 0.3 is 0 Å². The summed E-state index contributed by atoms with van der Waals surface area (Å²) in [6, 6.07) is 20.2. The molecule has 0 bridgehead atoms. The van der Waals surface area contributed by atoms with Crippen LogP contribution in [0.15, 0.2) is 78.5 Å². The second-order valence-corrected chi connectivity index (χ2v) is 8.23. The Balaban J connectivity index is 1.51. The number of aromatic nitrogens is 3. The summed E-state index contributed by atoms with van der Waals surface area (Å²) < 4.78 is 8.16. The Kier molecular flexibility index (Phi) is 6.41. The van der Waals surface area contributed by atoms with Crippen LogP contribution in [0.3, 0.4) is 0 Å². The summed E-state index contributed by atoms with van der Waals surface area (Å²) in [5.74, 6) is 2.34. The normalized spacial score (nSPS) is 11.0. The maximum absolute atomic E-state index is 6.28. The molecule has 0 spiro atoms. The molecule has 0 unspecified atom stereocenters. The van der Waals surface area contributed by atoms with Gasteiger partial charge in [0.1, 0.15) is 12.4 Å². The predicted molar refractivity (Wildman–Crippen MR) is 124 cm³/mol. The van der Waals surface area contributed by atoms with Crippen LogP contribution in [0.5, 0.6) is 5.75 Å². The Morgan fingerprint density at radius 3 is 2.70 bits per heavy atom. The van der Waals surface area contributed by atoms with Gasteiger partial charge < -0.3 is 4.74 Å². The van der Waals surface area contributed by atoms with Gasteiger partial charge in [0.15, 0.2) is 11.0 Å². The van der Waals surface area contributed by atoms with Crippen LogP contribution in [0.25, 0.3) is 10.8 Å². The molecule has 0 saturated carbocycles. The van der Waals surface area contributed by atoms with Gasteiger partial charge in [-0.2, -0.15) is 0 Å². The van der Waals surface area contributed by atoms with Crippen molar-refractivity contribution in [2.45, 2.75) is 31.0 Å². The van der Waals surface area contributed by atoms with E-state index in [1.54, 1.807) is 11.8 Å². The molecule has 30 heavy (non-hydrogen) atoms. The number of hydrogen-bond acceptors (Lipinski definition) is 4. The number of rotatable bonds is 8. The van der Waals surface area contributed by atoms with Gasteiger partial charge in [0.05, 0.1) is 0 Å². The maximum atomic E-state index is 6.28. The predicted octanol–water partition coefficient (Wildman–Crippen LogP) is 6.45. The Morgan fingerprint density at radius 2 is 1.87 bits per heavy atom. The molecule has 152 valence electrons. The van der Waals surface area contributed by atoms with Crippen molar-refractivity contribution < 1.29 is 4.74 Å². The molecule has 1 aromatic heterocycles. The number of fused-ring (bicyclic) bond motifs is 1. The lowest BCUT2D eigenvalue weighted by Gasteiger charge is -2.12. The molecule has 0 saturated heterocycles. The molecule has 0 fully saturated rings. The third-order valence-electron chi connectivity index (χ3n) is 4.93. The molecule has 4 nitrogen and oxygen atoms in total. The highest BCUT2D eigenvalue weighted by Crippen LogP contribution is 2.29. The van der Waals surface area contributed by atoms with E-state index in [1.807, 2.05) is 53.1 Å². The summed E-state index contributed by atoms with van der Waals surface area (Å²) >= 11 is 7.88. The zero-order chi connectivity index (χ0) is 20.9. The van der Waals surface area contributed by atoms with Crippen LogP contribution >= 0.6 is 23.4 Å². The molecule has 0 aliphatic rings. The van der Waals surface area contributed by atoms with Crippen molar-refractivity contribution in [3.63, 3.8) is 0 Å². The number of aryl methyl sites for hydroxylation is 1. The topological polar surface area (TPSA) is 39.9 Å². The van der Waals surface area contributed by atoms with Crippen LogP contribution in [-0.4, -0.2) is 14.8 Å². The highest BCUT2D eigenvalue weighted by molar-refractivity contribution is 7.98. The van der Waals surface area contributed by atoms with Crippen LogP contribution < -0.4 is 4.74 Å². The van der Waals surface area contributed by atoms with E-state index in [0.29, 0.717) is 13.2 Å². The fraction of sp³-hybridized carbons (Fsp3) is 0.167. The fourth-order valence-electron chi connectivity index (χ4n) is 3.31. The van der Waals surface area contributed by atoms with Gasteiger partial charge in [-0.1, -0.05) is 78.0 Å². The zero-order valence-electron chi connectivity index (χ0n) is 16.7. The van der Waals surface area contributed by atoms with Gasteiger partial charge in [-0.05, 0) is 41.0 Å². The van der Waals surface area contributed by atoms with Crippen molar-refractivity contribution in [2.75, 3.05) is 0 Å². The van der Waals surface area contributed by atoms with Crippen LogP contribution in [-0.2, 0) is 18.9 Å². The van der Waals surface area contributed by atoms with E-state index in [-0.39, 0.29) is 0 Å². The average molecular weight is 436 g/mol. The first kappa shape index (κ1) is 20.5. The zero-order valence-corrected chi connectivity index (χ0v) is 18.3. The van der Waals surface area contributed by atoms with Crippen molar-refractivity contribution in [3.8, 4) is 5.75 Å². The molecule has 4 rings (SSSR count). The summed E-state index contributed by atoms with van der Waals surface area (Å²) in [4.78, 5) is 0. The Labute approximate surface area is 185 Å². The molecule has 6 heteroatoms. The second kappa shape index (κ2) is 9.37. The lowest BCUT2D eigenvalue weighted by atomic mass is 10.0. The third-order valence-corrected chi connectivity index (χ3v) is 6.31. The monoisotopic (exact) mass is 435 g/mol. The number of halogens is 1. The molecule has 4 aromatic rings. The Morgan fingerprint density at radius 1 is 1.07 bits per heavy atom. The molecule has 0 aliphatic heterocycles. The van der Waals surface area contributed by atoms with Crippen LogP contribution in [0.1, 0.15) is 17.0 Å². The van der Waals surface area contributed by atoms with Crippen molar-refractivity contribution in [2.24, 2.45) is 0 Å². The van der Waals surface area contributed by atoms with Crippen molar-refractivity contribution >= 4 is 34.1 Å².